The van der Waals surface area contributed by atoms with E-state index in [-0.39, 0.29) is 0 Å². The van der Waals surface area contributed by atoms with E-state index in [9.17, 15) is 0 Å². The fourth-order valence-corrected chi connectivity index (χ4v) is 2.80. The van der Waals surface area contributed by atoms with Crippen LogP contribution in [0.15, 0.2) is 30.5 Å². The van der Waals surface area contributed by atoms with Crippen molar-refractivity contribution in [1.29, 1.82) is 0 Å². The highest BCUT2D eigenvalue weighted by molar-refractivity contribution is 5.67. The van der Waals surface area contributed by atoms with E-state index in [0.717, 1.165) is 48.5 Å². The van der Waals surface area contributed by atoms with Gasteiger partial charge >= 0.3 is 0 Å². The normalized spacial score (nSPS) is 18.4. The highest BCUT2D eigenvalue weighted by Crippen LogP contribution is 2.32. The van der Waals surface area contributed by atoms with Crippen LogP contribution in [-0.4, -0.2) is 30.2 Å². The van der Waals surface area contributed by atoms with Gasteiger partial charge in [0.05, 0.1) is 12.8 Å². The van der Waals surface area contributed by atoms with Crippen LogP contribution >= 0.6 is 0 Å². The molecule has 3 rings (SSSR count). The van der Waals surface area contributed by atoms with Gasteiger partial charge in [0.1, 0.15) is 5.75 Å². The molecule has 0 radical (unpaired) electrons. The van der Waals surface area contributed by atoms with Crippen molar-refractivity contribution in [3.63, 3.8) is 0 Å². The SMILES string of the molecule is COc1ccc(-c2cnc(N)nc2[C@@H]2CCCNC2)cc1. The number of nitrogens with zero attached hydrogens (tertiary/aromatic N) is 2. The quantitative estimate of drug-likeness (QED) is 0.904. The number of hydrogen-bond acceptors (Lipinski definition) is 5. The summed E-state index contributed by atoms with van der Waals surface area (Å²) in [6, 6.07) is 7.98. The predicted molar refractivity (Wildman–Crippen MR) is 83.3 cm³/mol. The van der Waals surface area contributed by atoms with E-state index in [0.29, 0.717) is 11.9 Å². The summed E-state index contributed by atoms with van der Waals surface area (Å²) in [5, 5.41) is 3.43. The summed E-state index contributed by atoms with van der Waals surface area (Å²) in [5.41, 5.74) is 8.99. The number of aromatic nitrogens is 2. The Bertz CT molecular complexity index is 606. The van der Waals surface area contributed by atoms with Crippen molar-refractivity contribution in [2.24, 2.45) is 0 Å². The van der Waals surface area contributed by atoms with Crippen LogP contribution in [0.5, 0.6) is 5.75 Å². The highest BCUT2D eigenvalue weighted by atomic mass is 16.5. The standard InChI is InChI=1S/C16H20N4O/c1-21-13-6-4-11(5-7-13)14-10-19-16(17)20-15(14)12-3-2-8-18-9-12/h4-7,10,12,18H,2-3,8-9H2,1H3,(H2,17,19,20)/t12-/m1/s1. The van der Waals surface area contributed by atoms with E-state index in [1.54, 1.807) is 7.11 Å². The molecule has 2 aromatic rings. The van der Waals surface area contributed by atoms with E-state index in [1.807, 2.05) is 30.5 Å². The van der Waals surface area contributed by atoms with Crippen LogP contribution in [0.3, 0.4) is 0 Å². The summed E-state index contributed by atoms with van der Waals surface area (Å²) >= 11 is 0. The van der Waals surface area contributed by atoms with Gasteiger partial charge in [-0.25, -0.2) is 9.97 Å². The zero-order valence-electron chi connectivity index (χ0n) is 12.2. The maximum Gasteiger partial charge on any atom is 0.220 e. The first kappa shape index (κ1) is 13.8. The smallest absolute Gasteiger partial charge is 0.220 e. The minimum atomic E-state index is 0.341. The molecule has 0 saturated carbocycles. The number of nitrogens with two attached hydrogens (primary N) is 1. The van der Waals surface area contributed by atoms with Crippen LogP contribution in [0, 0.1) is 0 Å². The van der Waals surface area contributed by atoms with Gasteiger partial charge < -0.3 is 15.8 Å². The summed E-state index contributed by atoms with van der Waals surface area (Å²) < 4.78 is 5.21. The molecule has 1 aliphatic rings. The topological polar surface area (TPSA) is 73.1 Å². The third kappa shape index (κ3) is 2.97. The number of methoxy groups -OCH3 is 1. The first-order valence-corrected chi connectivity index (χ1v) is 7.25. The summed E-state index contributed by atoms with van der Waals surface area (Å²) in [7, 11) is 1.67. The Kier molecular flexibility index (Phi) is 4.01. The minimum absolute atomic E-state index is 0.341. The molecule has 3 N–H and O–H groups in total. The third-order valence-electron chi connectivity index (χ3n) is 3.92. The van der Waals surface area contributed by atoms with Crippen molar-refractivity contribution in [3.05, 3.63) is 36.2 Å². The van der Waals surface area contributed by atoms with Crippen LogP contribution in [0.2, 0.25) is 0 Å². The summed E-state index contributed by atoms with van der Waals surface area (Å²) in [6.07, 6.45) is 4.12. The lowest BCUT2D eigenvalue weighted by atomic mass is 9.91. The van der Waals surface area contributed by atoms with E-state index < -0.39 is 0 Å². The zero-order chi connectivity index (χ0) is 14.7. The second-order valence-electron chi connectivity index (χ2n) is 5.30. The molecule has 1 aromatic carbocycles. The predicted octanol–water partition coefficient (Wildman–Crippen LogP) is 2.20. The lowest BCUT2D eigenvalue weighted by molar-refractivity contribution is 0.415. The number of nitrogens with one attached hydrogen (secondary N) is 1. The molecule has 2 heterocycles. The van der Waals surface area contributed by atoms with Crippen molar-refractivity contribution >= 4 is 5.95 Å². The molecule has 1 saturated heterocycles. The second-order valence-corrected chi connectivity index (χ2v) is 5.30. The van der Waals surface area contributed by atoms with Gasteiger partial charge in [-0.2, -0.15) is 0 Å². The molecule has 5 nitrogen and oxygen atoms in total. The van der Waals surface area contributed by atoms with Gasteiger partial charge in [0, 0.05) is 24.2 Å². The summed E-state index contributed by atoms with van der Waals surface area (Å²) in [4.78, 5) is 8.68. The minimum Gasteiger partial charge on any atom is -0.497 e. The fourth-order valence-electron chi connectivity index (χ4n) is 2.80. The van der Waals surface area contributed by atoms with Crippen LogP contribution < -0.4 is 15.8 Å². The van der Waals surface area contributed by atoms with E-state index in [2.05, 4.69) is 15.3 Å². The molecule has 0 amide bonds. The molecule has 0 unspecified atom stereocenters. The molecular weight excluding hydrogens is 264 g/mol. The van der Waals surface area contributed by atoms with E-state index in [1.165, 1.54) is 0 Å². The average Bonchev–Trinajstić information content (AvgIpc) is 2.56. The van der Waals surface area contributed by atoms with Crippen molar-refractivity contribution in [1.82, 2.24) is 15.3 Å². The number of hydrogen-bond donors (Lipinski definition) is 2. The third-order valence-corrected chi connectivity index (χ3v) is 3.92. The molecule has 5 heteroatoms. The summed E-state index contributed by atoms with van der Waals surface area (Å²) in [5.74, 6) is 1.57. The van der Waals surface area contributed by atoms with Crippen LogP contribution in [0.1, 0.15) is 24.5 Å². The Labute approximate surface area is 124 Å². The van der Waals surface area contributed by atoms with Crippen LogP contribution in [-0.2, 0) is 0 Å². The molecule has 1 atom stereocenters. The van der Waals surface area contributed by atoms with Gasteiger partial charge in [0.15, 0.2) is 0 Å². The molecule has 110 valence electrons. The lowest BCUT2D eigenvalue weighted by Crippen LogP contribution is -2.29. The number of anilines is 1. The van der Waals surface area contributed by atoms with Gasteiger partial charge in [-0.15, -0.1) is 0 Å². The molecule has 1 aliphatic heterocycles. The molecule has 0 spiro atoms. The zero-order valence-corrected chi connectivity index (χ0v) is 12.2. The van der Waals surface area contributed by atoms with E-state index >= 15 is 0 Å². The Morgan fingerprint density at radius 2 is 2.10 bits per heavy atom. The Balaban J connectivity index is 1.99. The van der Waals surface area contributed by atoms with Crippen LogP contribution in [0.25, 0.3) is 11.1 Å². The maximum atomic E-state index is 5.80. The number of rotatable bonds is 3. The van der Waals surface area contributed by atoms with Gasteiger partial charge in [0.2, 0.25) is 5.95 Å². The van der Waals surface area contributed by atoms with Gasteiger partial charge in [-0.05, 0) is 37.1 Å². The van der Waals surface area contributed by atoms with Crippen molar-refractivity contribution in [2.75, 3.05) is 25.9 Å². The van der Waals surface area contributed by atoms with Gasteiger partial charge in [-0.1, -0.05) is 12.1 Å². The molecule has 1 fully saturated rings. The van der Waals surface area contributed by atoms with E-state index in [4.69, 9.17) is 10.5 Å². The largest absolute Gasteiger partial charge is 0.497 e. The molecule has 0 aliphatic carbocycles. The first-order valence-electron chi connectivity index (χ1n) is 7.25. The van der Waals surface area contributed by atoms with Crippen molar-refractivity contribution in [3.8, 4) is 16.9 Å². The maximum absolute atomic E-state index is 5.80. The van der Waals surface area contributed by atoms with Crippen molar-refractivity contribution < 1.29 is 4.74 Å². The van der Waals surface area contributed by atoms with Gasteiger partial charge in [0.25, 0.3) is 0 Å². The second kappa shape index (κ2) is 6.10. The Morgan fingerprint density at radius 3 is 2.76 bits per heavy atom. The number of benzene rings is 1. The highest BCUT2D eigenvalue weighted by Gasteiger charge is 2.21. The molecular formula is C16H20N4O. The number of ether oxygens (including phenoxy) is 1. The lowest BCUT2D eigenvalue weighted by Gasteiger charge is -2.24. The monoisotopic (exact) mass is 284 g/mol. The Hall–Kier alpha value is -2.14. The molecule has 1 aromatic heterocycles. The first-order chi connectivity index (χ1) is 10.3. The average molecular weight is 284 g/mol. The number of piperidine rings is 1. The summed E-state index contributed by atoms with van der Waals surface area (Å²) in [6.45, 7) is 2.02. The van der Waals surface area contributed by atoms with Crippen molar-refractivity contribution in [2.45, 2.75) is 18.8 Å². The molecule has 21 heavy (non-hydrogen) atoms. The molecule has 0 bridgehead atoms. The Morgan fingerprint density at radius 1 is 1.29 bits per heavy atom. The van der Waals surface area contributed by atoms with Crippen LogP contribution in [0.4, 0.5) is 5.95 Å². The fraction of sp³-hybridized carbons (Fsp3) is 0.375. The van der Waals surface area contributed by atoms with Gasteiger partial charge in [-0.3, -0.25) is 0 Å². The number of nitrogen functional groups attached to an aromatic ring is 1.